The third kappa shape index (κ3) is 2.02. The van der Waals surface area contributed by atoms with E-state index < -0.39 is 11.6 Å². The summed E-state index contributed by atoms with van der Waals surface area (Å²) in [6.45, 7) is 0. The Morgan fingerprint density at radius 2 is 2.17 bits per heavy atom. The summed E-state index contributed by atoms with van der Waals surface area (Å²) < 4.78 is 25.3. The highest BCUT2D eigenvalue weighted by atomic mass is 19.1. The minimum Gasteiger partial charge on any atom is -0.399 e. The van der Waals surface area contributed by atoms with Crippen LogP contribution in [0.1, 0.15) is 5.56 Å². The van der Waals surface area contributed by atoms with E-state index in [1.54, 1.807) is 0 Å². The standard InChI is InChI=1S/C8H7F2NO/c1-12-11-5-6-4-7(9)2-3-8(6)10/h2-5H,1H3. The Balaban J connectivity index is 2.97. The molecule has 1 aromatic carbocycles. The molecule has 0 saturated carbocycles. The van der Waals surface area contributed by atoms with Crippen molar-refractivity contribution in [1.82, 2.24) is 0 Å². The van der Waals surface area contributed by atoms with Gasteiger partial charge < -0.3 is 4.84 Å². The molecule has 0 amide bonds. The van der Waals surface area contributed by atoms with E-state index in [1.807, 2.05) is 0 Å². The maximum absolute atomic E-state index is 12.8. The molecule has 0 spiro atoms. The van der Waals surface area contributed by atoms with Crippen LogP contribution in [-0.4, -0.2) is 13.3 Å². The molecule has 0 aromatic heterocycles. The fraction of sp³-hybridized carbons (Fsp3) is 0.125. The van der Waals surface area contributed by atoms with Crippen molar-refractivity contribution in [3.05, 3.63) is 35.4 Å². The van der Waals surface area contributed by atoms with Crippen molar-refractivity contribution in [3.63, 3.8) is 0 Å². The van der Waals surface area contributed by atoms with Crippen molar-refractivity contribution < 1.29 is 13.6 Å². The van der Waals surface area contributed by atoms with Gasteiger partial charge in [0.2, 0.25) is 0 Å². The molecule has 0 aliphatic rings. The van der Waals surface area contributed by atoms with Crippen LogP contribution >= 0.6 is 0 Å². The molecule has 2 nitrogen and oxygen atoms in total. The Kier molecular flexibility index (Phi) is 2.74. The second-order valence-electron chi connectivity index (χ2n) is 2.08. The smallest absolute Gasteiger partial charge is 0.132 e. The molecule has 0 aliphatic heterocycles. The van der Waals surface area contributed by atoms with Gasteiger partial charge in [-0.05, 0) is 18.2 Å². The Morgan fingerprint density at radius 1 is 1.42 bits per heavy atom. The first-order valence-corrected chi connectivity index (χ1v) is 3.25. The van der Waals surface area contributed by atoms with Crippen molar-refractivity contribution in [2.45, 2.75) is 0 Å². The van der Waals surface area contributed by atoms with Crippen LogP contribution in [0.25, 0.3) is 0 Å². The van der Waals surface area contributed by atoms with Crippen LogP contribution in [0.5, 0.6) is 0 Å². The van der Waals surface area contributed by atoms with Crippen molar-refractivity contribution in [2.24, 2.45) is 5.16 Å². The number of oxime groups is 1. The van der Waals surface area contributed by atoms with Crippen molar-refractivity contribution in [1.29, 1.82) is 0 Å². The third-order valence-corrected chi connectivity index (χ3v) is 1.26. The van der Waals surface area contributed by atoms with Gasteiger partial charge in [0.15, 0.2) is 0 Å². The van der Waals surface area contributed by atoms with Crippen molar-refractivity contribution in [2.75, 3.05) is 7.11 Å². The summed E-state index contributed by atoms with van der Waals surface area (Å²) in [6.07, 6.45) is 1.11. The van der Waals surface area contributed by atoms with Gasteiger partial charge in [-0.3, -0.25) is 0 Å². The molecule has 1 rings (SSSR count). The molecule has 12 heavy (non-hydrogen) atoms. The quantitative estimate of drug-likeness (QED) is 0.492. The second-order valence-corrected chi connectivity index (χ2v) is 2.08. The van der Waals surface area contributed by atoms with Crippen LogP contribution in [0.3, 0.4) is 0 Å². The van der Waals surface area contributed by atoms with Crippen LogP contribution in [0.2, 0.25) is 0 Å². The van der Waals surface area contributed by atoms with E-state index in [1.165, 1.54) is 7.11 Å². The number of halogens is 2. The molecular formula is C8H7F2NO. The molecule has 0 radical (unpaired) electrons. The summed E-state index contributed by atoms with van der Waals surface area (Å²) >= 11 is 0. The lowest BCUT2D eigenvalue weighted by Gasteiger charge is -1.94. The highest BCUT2D eigenvalue weighted by molar-refractivity contribution is 5.79. The van der Waals surface area contributed by atoms with Gasteiger partial charge in [-0.15, -0.1) is 0 Å². The maximum atomic E-state index is 12.8. The fourth-order valence-electron chi connectivity index (χ4n) is 0.723. The summed E-state index contributed by atoms with van der Waals surface area (Å²) in [4.78, 5) is 4.32. The fourth-order valence-corrected chi connectivity index (χ4v) is 0.723. The van der Waals surface area contributed by atoms with Crippen LogP contribution in [0.15, 0.2) is 23.4 Å². The van der Waals surface area contributed by atoms with Crippen LogP contribution in [-0.2, 0) is 4.84 Å². The Labute approximate surface area is 68.5 Å². The molecule has 0 aliphatic carbocycles. The summed E-state index contributed by atoms with van der Waals surface area (Å²) in [5, 5.41) is 3.31. The number of benzene rings is 1. The van der Waals surface area contributed by atoms with Crippen LogP contribution in [0, 0.1) is 11.6 Å². The molecule has 0 unspecified atom stereocenters. The van der Waals surface area contributed by atoms with E-state index in [0.717, 1.165) is 24.4 Å². The predicted molar refractivity (Wildman–Crippen MR) is 41.0 cm³/mol. The Bertz CT molecular complexity index is 299. The molecule has 0 heterocycles. The van der Waals surface area contributed by atoms with Gasteiger partial charge in [-0.25, -0.2) is 8.78 Å². The Morgan fingerprint density at radius 3 is 2.83 bits per heavy atom. The van der Waals surface area contributed by atoms with Gasteiger partial charge >= 0.3 is 0 Å². The van der Waals surface area contributed by atoms with E-state index in [9.17, 15) is 8.78 Å². The zero-order chi connectivity index (χ0) is 8.97. The zero-order valence-corrected chi connectivity index (χ0v) is 6.42. The lowest BCUT2D eigenvalue weighted by molar-refractivity contribution is 0.215. The molecule has 0 saturated heterocycles. The van der Waals surface area contributed by atoms with Gasteiger partial charge in [0.25, 0.3) is 0 Å². The van der Waals surface area contributed by atoms with Gasteiger partial charge in [-0.2, -0.15) is 0 Å². The van der Waals surface area contributed by atoms with Crippen molar-refractivity contribution in [3.8, 4) is 0 Å². The highest BCUT2D eigenvalue weighted by Crippen LogP contribution is 2.06. The topological polar surface area (TPSA) is 21.6 Å². The molecule has 0 fully saturated rings. The lowest BCUT2D eigenvalue weighted by Crippen LogP contribution is -1.89. The molecular weight excluding hydrogens is 164 g/mol. The number of hydrogen-bond donors (Lipinski definition) is 0. The minimum absolute atomic E-state index is 0.0665. The monoisotopic (exact) mass is 171 g/mol. The molecule has 0 atom stereocenters. The average Bonchev–Trinajstić information content (AvgIpc) is 2.07. The van der Waals surface area contributed by atoms with Crippen LogP contribution < -0.4 is 0 Å². The summed E-state index contributed by atoms with van der Waals surface area (Å²) in [6, 6.07) is 3.11. The van der Waals surface area contributed by atoms with E-state index in [-0.39, 0.29) is 5.56 Å². The molecule has 64 valence electrons. The predicted octanol–water partition coefficient (Wildman–Crippen LogP) is 1.95. The summed E-state index contributed by atoms with van der Waals surface area (Å²) in [5.74, 6) is -1.04. The first-order valence-electron chi connectivity index (χ1n) is 3.25. The van der Waals surface area contributed by atoms with E-state index >= 15 is 0 Å². The van der Waals surface area contributed by atoms with E-state index in [4.69, 9.17) is 0 Å². The average molecular weight is 171 g/mol. The van der Waals surface area contributed by atoms with Crippen molar-refractivity contribution >= 4 is 6.21 Å². The highest BCUT2D eigenvalue weighted by Gasteiger charge is 2.00. The van der Waals surface area contributed by atoms with Gasteiger partial charge in [0.05, 0.1) is 6.21 Å². The van der Waals surface area contributed by atoms with Gasteiger partial charge in [0, 0.05) is 5.56 Å². The number of hydrogen-bond acceptors (Lipinski definition) is 2. The van der Waals surface area contributed by atoms with Crippen LogP contribution in [0.4, 0.5) is 8.78 Å². The van der Waals surface area contributed by atoms with E-state index in [0.29, 0.717) is 0 Å². The number of rotatable bonds is 2. The molecule has 0 bridgehead atoms. The van der Waals surface area contributed by atoms with E-state index in [2.05, 4.69) is 9.99 Å². The SMILES string of the molecule is CON=Cc1cc(F)ccc1F. The normalized spacial score (nSPS) is 10.6. The maximum Gasteiger partial charge on any atom is 0.132 e. The third-order valence-electron chi connectivity index (χ3n) is 1.26. The molecule has 4 heteroatoms. The lowest BCUT2D eigenvalue weighted by atomic mass is 10.2. The largest absolute Gasteiger partial charge is 0.399 e. The van der Waals surface area contributed by atoms with Gasteiger partial charge in [0.1, 0.15) is 18.7 Å². The minimum atomic E-state index is -0.530. The van der Waals surface area contributed by atoms with Gasteiger partial charge in [-0.1, -0.05) is 5.16 Å². The summed E-state index contributed by atoms with van der Waals surface area (Å²) in [5.41, 5.74) is 0.0665. The number of nitrogens with zero attached hydrogens (tertiary/aromatic N) is 1. The second kappa shape index (κ2) is 3.80. The first kappa shape index (κ1) is 8.64. The molecule has 0 N–H and O–H groups in total. The summed E-state index contributed by atoms with van der Waals surface area (Å²) in [7, 11) is 1.33. The zero-order valence-electron chi connectivity index (χ0n) is 6.42. The first-order chi connectivity index (χ1) is 5.74. The molecule has 1 aromatic rings. The Hall–Kier alpha value is -1.45.